The van der Waals surface area contributed by atoms with E-state index >= 15 is 0 Å². The van der Waals surface area contributed by atoms with Gasteiger partial charge in [0.2, 0.25) is 0 Å². The van der Waals surface area contributed by atoms with Gasteiger partial charge in [-0.1, -0.05) is 49.7 Å². The Bertz CT molecular complexity index is 546. The van der Waals surface area contributed by atoms with Gasteiger partial charge in [-0.25, -0.2) is 4.39 Å². The van der Waals surface area contributed by atoms with Crippen molar-refractivity contribution in [3.8, 4) is 0 Å². The molecule has 19 heavy (non-hydrogen) atoms. The number of aryl methyl sites for hydroxylation is 2. The fourth-order valence-corrected chi connectivity index (χ4v) is 2.23. The van der Waals surface area contributed by atoms with E-state index < -0.39 is 0 Å². The van der Waals surface area contributed by atoms with Gasteiger partial charge in [-0.3, -0.25) is 0 Å². The van der Waals surface area contributed by atoms with Gasteiger partial charge in [-0.05, 0) is 41.7 Å². The van der Waals surface area contributed by atoms with Gasteiger partial charge in [0.15, 0.2) is 0 Å². The molecular formula is C17H20FN. The highest BCUT2D eigenvalue weighted by molar-refractivity contribution is 5.35. The maximum absolute atomic E-state index is 13.3. The third-order valence-corrected chi connectivity index (χ3v) is 3.42. The van der Waals surface area contributed by atoms with E-state index in [1.807, 2.05) is 6.07 Å². The van der Waals surface area contributed by atoms with E-state index in [-0.39, 0.29) is 11.9 Å². The number of hydrogen-bond donors (Lipinski definition) is 1. The molecular weight excluding hydrogens is 237 g/mol. The van der Waals surface area contributed by atoms with Crippen LogP contribution in [0.25, 0.3) is 0 Å². The van der Waals surface area contributed by atoms with Crippen LogP contribution < -0.4 is 5.73 Å². The first-order valence-electron chi connectivity index (χ1n) is 6.72. The van der Waals surface area contributed by atoms with Crippen LogP contribution in [0, 0.1) is 12.7 Å². The van der Waals surface area contributed by atoms with Gasteiger partial charge in [0.05, 0.1) is 6.04 Å². The Morgan fingerprint density at radius 2 is 1.68 bits per heavy atom. The third-order valence-electron chi connectivity index (χ3n) is 3.42. The van der Waals surface area contributed by atoms with Gasteiger partial charge in [-0.2, -0.15) is 0 Å². The maximum atomic E-state index is 13.3. The van der Waals surface area contributed by atoms with Crippen molar-refractivity contribution in [2.75, 3.05) is 0 Å². The minimum absolute atomic E-state index is 0.186. The van der Waals surface area contributed by atoms with Crippen LogP contribution in [0.3, 0.4) is 0 Å². The summed E-state index contributed by atoms with van der Waals surface area (Å²) >= 11 is 0. The molecule has 0 aromatic heterocycles. The van der Waals surface area contributed by atoms with Crippen LogP contribution in [0.1, 0.15) is 41.6 Å². The number of benzene rings is 2. The molecule has 0 amide bonds. The molecule has 2 N–H and O–H groups in total. The Morgan fingerprint density at radius 1 is 1.05 bits per heavy atom. The molecule has 0 saturated carbocycles. The second-order valence-corrected chi connectivity index (χ2v) is 4.98. The monoisotopic (exact) mass is 257 g/mol. The molecule has 0 aliphatic heterocycles. The summed E-state index contributed by atoms with van der Waals surface area (Å²) in [5, 5.41) is 0. The van der Waals surface area contributed by atoms with Crippen LogP contribution in [0.4, 0.5) is 4.39 Å². The first kappa shape index (κ1) is 13.8. The predicted molar refractivity (Wildman–Crippen MR) is 77.6 cm³/mol. The molecule has 1 nitrogen and oxygen atoms in total. The highest BCUT2D eigenvalue weighted by Gasteiger charge is 2.10. The van der Waals surface area contributed by atoms with Crippen molar-refractivity contribution in [3.63, 3.8) is 0 Å². The van der Waals surface area contributed by atoms with Crippen molar-refractivity contribution in [3.05, 3.63) is 70.5 Å². The molecule has 0 heterocycles. The normalized spacial score (nSPS) is 12.4. The smallest absolute Gasteiger partial charge is 0.126 e. The lowest BCUT2D eigenvalue weighted by molar-refractivity contribution is 0.617. The van der Waals surface area contributed by atoms with Gasteiger partial charge >= 0.3 is 0 Å². The summed E-state index contributed by atoms with van der Waals surface area (Å²) < 4.78 is 13.3. The standard InChI is InChI=1S/C17H20FN/c1-3-4-13-5-7-14(8-6-13)17(19)15-9-10-16(18)12(2)11-15/h5-11,17H,3-4,19H2,1-2H3. The van der Waals surface area contributed by atoms with E-state index in [0.717, 1.165) is 24.0 Å². The summed E-state index contributed by atoms with van der Waals surface area (Å²) in [4.78, 5) is 0. The lowest BCUT2D eigenvalue weighted by Crippen LogP contribution is -2.12. The molecule has 0 spiro atoms. The Balaban J connectivity index is 2.22. The second kappa shape index (κ2) is 5.98. The number of hydrogen-bond acceptors (Lipinski definition) is 1. The lowest BCUT2D eigenvalue weighted by atomic mass is 9.96. The van der Waals surface area contributed by atoms with Crippen LogP contribution in [-0.4, -0.2) is 0 Å². The summed E-state index contributed by atoms with van der Waals surface area (Å²) in [6.45, 7) is 3.93. The fourth-order valence-electron chi connectivity index (χ4n) is 2.23. The summed E-state index contributed by atoms with van der Waals surface area (Å²) in [5.41, 5.74) is 10.2. The first-order valence-corrected chi connectivity index (χ1v) is 6.72. The molecule has 1 atom stereocenters. The van der Waals surface area contributed by atoms with E-state index in [1.54, 1.807) is 13.0 Å². The van der Waals surface area contributed by atoms with Crippen molar-refractivity contribution in [1.29, 1.82) is 0 Å². The predicted octanol–water partition coefficient (Wildman–Crippen LogP) is 4.13. The van der Waals surface area contributed by atoms with E-state index in [0.29, 0.717) is 5.56 Å². The first-order chi connectivity index (χ1) is 9.11. The van der Waals surface area contributed by atoms with Crippen molar-refractivity contribution >= 4 is 0 Å². The third kappa shape index (κ3) is 3.21. The van der Waals surface area contributed by atoms with Gasteiger partial charge in [0.1, 0.15) is 5.82 Å². The summed E-state index contributed by atoms with van der Waals surface area (Å²) in [5.74, 6) is -0.186. The van der Waals surface area contributed by atoms with Crippen LogP contribution in [0.15, 0.2) is 42.5 Å². The average Bonchev–Trinajstić information content (AvgIpc) is 2.42. The number of nitrogens with two attached hydrogens (primary N) is 1. The molecule has 0 radical (unpaired) electrons. The van der Waals surface area contributed by atoms with Crippen molar-refractivity contribution < 1.29 is 4.39 Å². The van der Waals surface area contributed by atoms with Crippen molar-refractivity contribution in [2.45, 2.75) is 32.7 Å². The Hall–Kier alpha value is -1.67. The minimum atomic E-state index is -0.199. The molecule has 2 rings (SSSR count). The van der Waals surface area contributed by atoms with Gasteiger partial charge in [-0.15, -0.1) is 0 Å². The van der Waals surface area contributed by atoms with Gasteiger partial charge in [0.25, 0.3) is 0 Å². The fraction of sp³-hybridized carbons (Fsp3) is 0.294. The Morgan fingerprint density at radius 3 is 2.26 bits per heavy atom. The van der Waals surface area contributed by atoms with Gasteiger partial charge in [0, 0.05) is 0 Å². The SMILES string of the molecule is CCCc1ccc(C(N)c2ccc(F)c(C)c2)cc1. The maximum Gasteiger partial charge on any atom is 0.126 e. The topological polar surface area (TPSA) is 26.0 Å². The summed E-state index contributed by atoms with van der Waals surface area (Å²) in [6, 6.07) is 13.2. The molecule has 100 valence electrons. The van der Waals surface area contributed by atoms with E-state index in [2.05, 4.69) is 31.2 Å². The zero-order valence-electron chi connectivity index (χ0n) is 11.5. The molecule has 0 bridgehead atoms. The number of rotatable bonds is 4. The molecule has 0 aliphatic carbocycles. The number of halogens is 1. The molecule has 2 aromatic carbocycles. The average molecular weight is 257 g/mol. The Kier molecular flexibility index (Phi) is 4.33. The summed E-state index contributed by atoms with van der Waals surface area (Å²) in [7, 11) is 0. The van der Waals surface area contributed by atoms with Crippen LogP contribution >= 0.6 is 0 Å². The van der Waals surface area contributed by atoms with Crippen molar-refractivity contribution in [1.82, 2.24) is 0 Å². The highest BCUT2D eigenvalue weighted by Crippen LogP contribution is 2.22. The zero-order valence-corrected chi connectivity index (χ0v) is 11.5. The van der Waals surface area contributed by atoms with Crippen LogP contribution in [0.2, 0.25) is 0 Å². The van der Waals surface area contributed by atoms with Crippen molar-refractivity contribution in [2.24, 2.45) is 5.73 Å². The second-order valence-electron chi connectivity index (χ2n) is 4.98. The Labute approximate surface area is 114 Å². The summed E-state index contributed by atoms with van der Waals surface area (Å²) in [6.07, 6.45) is 2.23. The molecule has 1 unspecified atom stereocenters. The molecule has 0 fully saturated rings. The van der Waals surface area contributed by atoms with E-state index in [4.69, 9.17) is 5.73 Å². The molecule has 0 aliphatic rings. The van der Waals surface area contributed by atoms with E-state index in [1.165, 1.54) is 11.6 Å². The minimum Gasteiger partial charge on any atom is -0.320 e. The quantitative estimate of drug-likeness (QED) is 0.875. The zero-order chi connectivity index (χ0) is 13.8. The van der Waals surface area contributed by atoms with E-state index in [9.17, 15) is 4.39 Å². The highest BCUT2D eigenvalue weighted by atomic mass is 19.1. The van der Waals surface area contributed by atoms with Crippen LogP contribution in [-0.2, 0) is 6.42 Å². The van der Waals surface area contributed by atoms with Gasteiger partial charge < -0.3 is 5.73 Å². The largest absolute Gasteiger partial charge is 0.320 e. The molecule has 0 saturated heterocycles. The molecule has 2 aromatic rings. The molecule has 2 heteroatoms. The lowest BCUT2D eigenvalue weighted by Gasteiger charge is -2.14. The van der Waals surface area contributed by atoms with Crippen LogP contribution in [0.5, 0.6) is 0 Å².